The molecule has 0 bridgehead atoms. The van der Waals surface area contributed by atoms with Crippen molar-refractivity contribution in [2.24, 2.45) is 0 Å². The largest absolute Gasteiger partial charge is 0.475 e. The van der Waals surface area contributed by atoms with Gasteiger partial charge in [0.2, 0.25) is 11.0 Å². The van der Waals surface area contributed by atoms with Crippen molar-refractivity contribution in [3.05, 3.63) is 84.6 Å². The van der Waals surface area contributed by atoms with E-state index in [1.54, 1.807) is 30.7 Å². The Kier molecular flexibility index (Phi) is 5.77. The maximum atomic E-state index is 13.6. The lowest BCUT2D eigenvalue weighted by Gasteiger charge is -2.18. The number of pyridine rings is 1. The number of fused-ring (bicyclic) bond motifs is 2. The van der Waals surface area contributed by atoms with Gasteiger partial charge >= 0.3 is 0 Å². The summed E-state index contributed by atoms with van der Waals surface area (Å²) in [7, 11) is -1.34. The van der Waals surface area contributed by atoms with Gasteiger partial charge in [-0.1, -0.05) is 18.2 Å². The summed E-state index contributed by atoms with van der Waals surface area (Å²) in [6.45, 7) is 0.405. The predicted molar refractivity (Wildman–Crippen MR) is 136 cm³/mol. The Hall–Kier alpha value is -3.98. The molecule has 1 aliphatic rings. The van der Waals surface area contributed by atoms with Gasteiger partial charge in [0.1, 0.15) is 18.2 Å². The van der Waals surface area contributed by atoms with Crippen LogP contribution in [0.25, 0.3) is 33.5 Å². The van der Waals surface area contributed by atoms with E-state index >= 15 is 0 Å². The summed E-state index contributed by atoms with van der Waals surface area (Å²) >= 11 is 0. The minimum atomic E-state index is -1.34. The molecule has 6 rings (SSSR count). The van der Waals surface area contributed by atoms with Crippen molar-refractivity contribution in [1.82, 2.24) is 24.5 Å². The molecule has 0 N–H and O–H groups in total. The van der Waals surface area contributed by atoms with E-state index in [1.807, 2.05) is 36.4 Å². The van der Waals surface area contributed by atoms with Gasteiger partial charge in [-0.15, -0.1) is 0 Å². The van der Waals surface area contributed by atoms with E-state index in [1.165, 1.54) is 12.1 Å². The number of rotatable bonds is 6. The normalized spacial score (nSPS) is 15.7. The van der Waals surface area contributed by atoms with Crippen LogP contribution in [0, 0.1) is 5.82 Å². The molecular formula is C27H22FN5O2S. The van der Waals surface area contributed by atoms with Gasteiger partial charge in [0.25, 0.3) is 0 Å². The maximum Gasteiger partial charge on any atom is 0.218 e. The van der Waals surface area contributed by atoms with Gasteiger partial charge in [-0.05, 0) is 48.9 Å². The highest BCUT2D eigenvalue weighted by Crippen LogP contribution is 2.39. The quantitative estimate of drug-likeness (QED) is 0.306. The third kappa shape index (κ3) is 4.15. The monoisotopic (exact) mass is 499 g/mol. The Bertz CT molecular complexity index is 1600. The molecule has 36 heavy (non-hydrogen) atoms. The Labute approximate surface area is 209 Å². The first-order valence-corrected chi connectivity index (χ1v) is 13.1. The van der Waals surface area contributed by atoms with Crippen LogP contribution in [0.4, 0.5) is 4.39 Å². The minimum absolute atomic E-state index is 0.00416. The van der Waals surface area contributed by atoms with Gasteiger partial charge < -0.3 is 9.30 Å². The van der Waals surface area contributed by atoms with E-state index < -0.39 is 10.8 Å². The molecule has 2 aromatic carbocycles. The molecule has 1 aliphatic heterocycles. The van der Waals surface area contributed by atoms with Crippen LogP contribution in [-0.2, 0) is 17.2 Å². The van der Waals surface area contributed by atoms with Gasteiger partial charge in [-0.25, -0.2) is 24.3 Å². The number of hydrogen-bond donors (Lipinski definition) is 0. The summed E-state index contributed by atoms with van der Waals surface area (Å²) < 4.78 is 34.0. The molecule has 9 heteroatoms. The number of aromatic nitrogens is 5. The van der Waals surface area contributed by atoms with E-state index in [-0.39, 0.29) is 17.0 Å². The number of aryl methyl sites for hydroxylation is 1. The minimum Gasteiger partial charge on any atom is -0.475 e. The number of nitrogens with zero attached hydrogens (tertiary/aromatic N) is 5. The number of halogens is 1. The summed E-state index contributed by atoms with van der Waals surface area (Å²) in [5.74, 6) is 1.15. The van der Waals surface area contributed by atoms with E-state index in [0.717, 1.165) is 40.8 Å². The maximum absolute atomic E-state index is 13.6. The second kappa shape index (κ2) is 9.23. The van der Waals surface area contributed by atoms with Crippen LogP contribution in [0.5, 0.6) is 5.88 Å². The van der Waals surface area contributed by atoms with Crippen molar-refractivity contribution in [2.75, 3.05) is 12.9 Å². The number of hydrogen-bond acceptors (Lipinski definition) is 6. The molecular weight excluding hydrogens is 477 g/mol. The van der Waals surface area contributed by atoms with E-state index in [4.69, 9.17) is 9.72 Å². The molecule has 3 aromatic heterocycles. The molecule has 4 heterocycles. The molecule has 5 aromatic rings. The van der Waals surface area contributed by atoms with Crippen molar-refractivity contribution in [2.45, 2.75) is 24.0 Å². The van der Waals surface area contributed by atoms with Crippen LogP contribution in [0.15, 0.2) is 78.1 Å². The van der Waals surface area contributed by atoms with Crippen molar-refractivity contribution in [3.63, 3.8) is 0 Å². The van der Waals surface area contributed by atoms with Crippen LogP contribution in [0.2, 0.25) is 0 Å². The van der Waals surface area contributed by atoms with Crippen LogP contribution in [0.1, 0.15) is 18.3 Å². The number of benzene rings is 2. The zero-order chi connectivity index (χ0) is 24.6. The molecule has 2 atom stereocenters. The van der Waals surface area contributed by atoms with Crippen molar-refractivity contribution < 1.29 is 13.3 Å². The van der Waals surface area contributed by atoms with Crippen molar-refractivity contribution in [3.8, 4) is 28.5 Å². The SMILES string of the molecule is CS(=O)c1nccc(-c2c(-c3ccc(F)cc3)nc3n2C(COc2ccc4ccccc4n2)CC3)n1. The Morgan fingerprint density at radius 2 is 1.86 bits per heavy atom. The van der Waals surface area contributed by atoms with Gasteiger partial charge in [0, 0.05) is 35.9 Å². The standard InChI is InChI=1S/C27H22FN5O2S/c1-36(34)27-29-15-14-22(31-27)26-25(18-6-9-19(28)10-7-18)32-23-12-11-20(33(23)26)16-35-24-13-8-17-4-2-3-5-21(17)30-24/h2-10,13-15,20H,11-12,16H2,1H3. The first-order valence-electron chi connectivity index (χ1n) is 11.6. The molecule has 0 fully saturated rings. The van der Waals surface area contributed by atoms with Gasteiger partial charge in [-0.2, -0.15) is 0 Å². The fraction of sp³-hybridized carbons (Fsp3) is 0.185. The van der Waals surface area contributed by atoms with E-state index in [2.05, 4.69) is 19.5 Å². The highest BCUT2D eigenvalue weighted by molar-refractivity contribution is 7.84. The van der Waals surface area contributed by atoms with Crippen LogP contribution < -0.4 is 4.74 Å². The molecule has 0 saturated carbocycles. The van der Waals surface area contributed by atoms with Gasteiger partial charge in [0.15, 0.2) is 0 Å². The second-order valence-electron chi connectivity index (χ2n) is 8.63. The third-order valence-corrected chi connectivity index (χ3v) is 7.01. The van der Waals surface area contributed by atoms with Crippen LogP contribution in [-0.4, -0.2) is 41.6 Å². The van der Waals surface area contributed by atoms with Gasteiger partial charge in [0.05, 0.1) is 39.4 Å². The average molecular weight is 500 g/mol. The number of imidazole rings is 1. The number of ether oxygens (including phenoxy) is 1. The number of para-hydroxylation sites is 1. The Morgan fingerprint density at radius 1 is 1.03 bits per heavy atom. The summed E-state index contributed by atoms with van der Waals surface area (Å²) in [4.78, 5) is 18.3. The van der Waals surface area contributed by atoms with Crippen LogP contribution >= 0.6 is 0 Å². The fourth-order valence-electron chi connectivity index (χ4n) is 4.61. The molecule has 2 unspecified atom stereocenters. The lowest BCUT2D eigenvalue weighted by atomic mass is 10.1. The lowest BCUT2D eigenvalue weighted by Crippen LogP contribution is -2.16. The second-order valence-corrected chi connectivity index (χ2v) is 9.90. The lowest BCUT2D eigenvalue weighted by molar-refractivity contribution is 0.248. The van der Waals surface area contributed by atoms with E-state index in [0.29, 0.717) is 23.9 Å². The molecule has 0 amide bonds. The summed E-state index contributed by atoms with van der Waals surface area (Å²) in [5, 5.41) is 1.31. The molecule has 0 spiro atoms. The Balaban J connectivity index is 1.40. The predicted octanol–water partition coefficient (Wildman–Crippen LogP) is 5.00. The van der Waals surface area contributed by atoms with Crippen LogP contribution in [0.3, 0.4) is 0 Å². The molecule has 7 nitrogen and oxygen atoms in total. The zero-order valence-corrected chi connectivity index (χ0v) is 20.3. The summed E-state index contributed by atoms with van der Waals surface area (Å²) in [6.07, 6.45) is 4.77. The summed E-state index contributed by atoms with van der Waals surface area (Å²) in [5.41, 5.74) is 3.75. The van der Waals surface area contributed by atoms with Gasteiger partial charge in [-0.3, -0.25) is 4.21 Å². The third-order valence-electron chi connectivity index (χ3n) is 6.30. The highest BCUT2D eigenvalue weighted by atomic mass is 32.2. The molecule has 0 saturated heterocycles. The van der Waals surface area contributed by atoms with Crippen molar-refractivity contribution in [1.29, 1.82) is 0 Å². The zero-order valence-electron chi connectivity index (χ0n) is 19.5. The molecule has 0 aliphatic carbocycles. The summed E-state index contributed by atoms with van der Waals surface area (Å²) in [6, 6.07) is 19.8. The first-order chi connectivity index (χ1) is 17.6. The first kappa shape index (κ1) is 22.5. The molecule has 180 valence electrons. The Morgan fingerprint density at radius 3 is 2.69 bits per heavy atom. The smallest absolute Gasteiger partial charge is 0.218 e. The highest BCUT2D eigenvalue weighted by Gasteiger charge is 2.31. The fourth-order valence-corrected chi connectivity index (χ4v) is 5.04. The van der Waals surface area contributed by atoms with Crippen molar-refractivity contribution >= 4 is 21.7 Å². The molecule has 0 radical (unpaired) electrons. The average Bonchev–Trinajstić information content (AvgIpc) is 3.47. The topological polar surface area (TPSA) is 82.8 Å². The van der Waals surface area contributed by atoms with E-state index in [9.17, 15) is 8.60 Å².